The van der Waals surface area contributed by atoms with Gasteiger partial charge in [-0.3, -0.25) is 14.6 Å². The van der Waals surface area contributed by atoms with Gasteiger partial charge in [-0.15, -0.1) is 11.3 Å². The zero-order valence-corrected chi connectivity index (χ0v) is 19.2. The molecule has 6 rings (SSSR count). The van der Waals surface area contributed by atoms with E-state index in [1.807, 2.05) is 12.3 Å². The van der Waals surface area contributed by atoms with E-state index in [1.165, 1.54) is 12.8 Å². The lowest BCUT2D eigenvalue weighted by Gasteiger charge is -2.49. The number of amides is 1. The fourth-order valence-electron chi connectivity index (χ4n) is 5.18. The molecule has 4 aliphatic heterocycles. The number of piperidine rings is 3. The molecule has 2 atom stereocenters. The molecule has 1 N–H and O–H groups in total. The summed E-state index contributed by atoms with van der Waals surface area (Å²) in [6, 6.07) is 2.54. The molecule has 4 saturated heterocycles. The van der Waals surface area contributed by atoms with Gasteiger partial charge < -0.3 is 10.2 Å². The predicted octanol–water partition coefficient (Wildman–Crippen LogP) is 2.11. The van der Waals surface area contributed by atoms with Crippen molar-refractivity contribution < 1.29 is 4.79 Å². The normalized spacial score (nSPS) is 29.0. The van der Waals surface area contributed by atoms with E-state index < -0.39 is 0 Å². The Morgan fingerprint density at radius 1 is 1.23 bits per heavy atom. The number of nitrogens with zero attached hydrogens (tertiary/aromatic N) is 4. The van der Waals surface area contributed by atoms with E-state index in [-0.39, 0.29) is 11.9 Å². The molecule has 6 nitrogen and oxygen atoms in total. The highest BCUT2D eigenvalue weighted by atomic mass is 32.1. The molecule has 7 heteroatoms. The Morgan fingerprint density at radius 2 is 2.00 bits per heavy atom. The van der Waals surface area contributed by atoms with Crippen molar-refractivity contribution in [2.45, 2.75) is 31.8 Å². The SMILES string of the molecule is CC1C(NC(=O)c2cc3c(C#CCN4CCN(C)CC4)csc3cn2)C2CCN1CC2. The van der Waals surface area contributed by atoms with E-state index >= 15 is 0 Å². The summed E-state index contributed by atoms with van der Waals surface area (Å²) in [7, 11) is 2.17. The Balaban J connectivity index is 1.29. The van der Waals surface area contributed by atoms with E-state index in [2.05, 4.69) is 56.2 Å². The van der Waals surface area contributed by atoms with Gasteiger partial charge in [0.1, 0.15) is 5.69 Å². The molecule has 2 bridgehead atoms. The van der Waals surface area contributed by atoms with Crippen LogP contribution in [0.1, 0.15) is 35.8 Å². The van der Waals surface area contributed by atoms with Gasteiger partial charge in [-0.25, -0.2) is 4.98 Å². The summed E-state index contributed by atoms with van der Waals surface area (Å²) >= 11 is 1.64. The molecule has 4 aliphatic rings. The maximum atomic E-state index is 13.0. The van der Waals surface area contributed by atoms with Crippen LogP contribution in [0.3, 0.4) is 0 Å². The standard InChI is InChI=1S/C24H31N5OS/c1-17-23(18-5-8-29(17)9-6-18)26-24(30)21-14-20-19(16-31-22(20)15-25-21)4-3-7-28-12-10-27(2)11-13-28/h14-18,23H,5-13H2,1-2H3,(H,26,30). The van der Waals surface area contributed by atoms with Gasteiger partial charge in [-0.1, -0.05) is 11.8 Å². The molecule has 1 amide bonds. The first-order chi connectivity index (χ1) is 15.1. The van der Waals surface area contributed by atoms with Crippen molar-refractivity contribution in [3.05, 3.63) is 28.9 Å². The van der Waals surface area contributed by atoms with Crippen LogP contribution in [0.15, 0.2) is 17.6 Å². The number of nitrogens with one attached hydrogen (secondary N) is 1. The Hall–Kier alpha value is -1.98. The van der Waals surface area contributed by atoms with E-state index in [0.717, 1.165) is 61.5 Å². The molecule has 0 spiro atoms. The van der Waals surface area contributed by atoms with E-state index in [1.54, 1.807) is 11.3 Å². The van der Waals surface area contributed by atoms with Gasteiger partial charge in [0.2, 0.25) is 0 Å². The second-order valence-electron chi connectivity index (χ2n) is 9.21. The number of likely N-dealkylation sites (N-methyl/N-ethyl adjacent to an activating group) is 1. The fourth-order valence-corrected chi connectivity index (χ4v) is 6.02. The van der Waals surface area contributed by atoms with Gasteiger partial charge >= 0.3 is 0 Å². The Bertz CT molecular complexity index is 1010. The maximum absolute atomic E-state index is 13.0. The lowest BCUT2D eigenvalue weighted by molar-refractivity contribution is 0.0216. The number of fused-ring (bicyclic) bond motifs is 4. The second kappa shape index (κ2) is 8.87. The average molecular weight is 438 g/mol. The highest BCUT2D eigenvalue weighted by molar-refractivity contribution is 7.17. The molecular formula is C24H31N5OS. The average Bonchev–Trinajstić information content (AvgIpc) is 3.20. The van der Waals surface area contributed by atoms with Crippen molar-refractivity contribution in [2.75, 3.05) is 52.9 Å². The van der Waals surface area contributed by atoms with Crippen LogP contribution in [0.25, 0.3) is 10.1 Å². The van der Waals surface area contributed by atoms with Crippen molar-refractivity contribution in [3.8, 4) is 11.8 Å². The molecule has 6 heterocycles. The minimum Gasteiger partial charge on any atom is -0.346 e. The van der Waals surface area contributed by atoms with Crippen LogP contribution < -0.4 is 5.32 Å². The number of hydrogen-bond acceptors (Lipinski definition) is 6. The summed E-state index contributed by atoms with van der Waals surface area (Å²) in [6.45, 7) is 9.70. The molecule has 164 valence electrons. The number of carbonyl (C=O) groups is 1. The lowest BCUT2D eigenvalue weighted by atomic mass is 9.79. The van der Waals surface area contributed by atoms with Crippen LogP contribution in [-0.2, 0) is 0 Å². The minimum atomic E-state index is -0.0601. The fraction of sp³-hybridized carbons (Fsp3) is 0.583. The molecule has 2 aromatic rings. The first kappa shape index (κ1) is 20.9. The summed E-state index contributed by atoms with van der Waals surface area (Å²) in [5, 5.41) is 6.42. The van der Waals surface area contributed by atoms with Crippen molar-refractivity contribution >= 4 is 27.3 Å². The monoisotopic (exact) mass is 437 g/mol. The summed E-state index contributed by atoms with van der Waals surface area (Å²) < 4.78 is 1.08. The van der Waals surface area contributed by atoms with E-state index in [0.29, 0.717) is 17.7 Å². The van der Waals surface area contributed by atoms with Gasteiger partial charge in [0.25, 0.3) is 5.91 Å². The molecule has 0 saturated carbocycles. The lowest BCUT2D eigenvalue weighted by Crippen LogP contribution is -2.62. The molecule has 0 radical (unpaired) electrons. The first-order valence-electron chi connectivity index (χ1n) is 11.4. The van der Waals surface area contributed by atoms with Gasteiger partial charge in [0.05, 0.1) is 11.2 Å². The second-order valence-corrected chi connectivity index (χ2v) is 10.1. The number of carbonyl (C=O) groups excluding carboxylic acids is 1. The van der Waals surface area contributed by atoms with Crippen molar-refractivity contribution in [1.82, 2.24) is 25.0 Å². The number of rotatable bonds is 3. The van der Waals surface area contributed by atoms with Crippen LogP contribution in [0.4, 0.5) is 0 Å². The first-order valence-corrected chi connectivity index (χ1v) is 12.3. The quantitative estimate of drug-likeness (QED) is 0.746. The summed E-state index contributed by atoms with van der Waals surface area (Å²) in [5.74, 6) is 7.21. The van der Waals surface area contributed by atoms with E-state index in [9.17, 15) is 4.79 Å². The van der Waals surface area contributed by atoms with Crippen molar-refractivity contribution in [2.24, 2.45) is 5.92 Å². The Labute approximate surface area is 188 Å². The van der Waals surface area contributed by atoms with Crippen molar-refractivity contribution in [3.63, 3.8) is 0 Å². The van der Waals surface area contributed by atoms with Crippen molar-refractivity contribution in [1.29, 1.82) is 0 Å². The number of pyridine rings is 1. The third-order valence-electron chi connectivity index (χ3n) is 7.29. The highest BCUT2D eigenvalue weighted by Crippen LogP contribution is 2.32. The smallest absolute Gasteiger partial charge is 0.270 e. The topological polar surface area (TPSA) is 51.7 Å². The van der Waals surface area contributed by atoms with Crippen LogP contribution in [-0.4, -0.2) is 90.5 Å². The van der Waals surface area contributed by atoms with Gasteiger partial charge in [-0.2, -0.15) is 0 Å². The molecular weight excluding hydrogens is 406 g/mol. The molecule has 4 fully saturated rings. The number of piperazine rings is 1. The summed E-state index contributed by atoms with van der Waals surface area (Å²) in [5.41, 5.74) is 1.50. The van der Waals surface area contributed by atoms with Gasteiger partial charge in [-0.05, 0) is 51.9 Å². The van der Waals surface area contributed by atoms with E-state index in [4.69, 9.17) is 0 Å². The molecule has 2 aromatic heterocycles. The number of thiophene rings is 1. The zero-order chi connectivity index (χ0) is 21.4. The Morgan fingerprint density at radius 3 is 2.74 bits per heavy atom. The molecule has 0 aliphatic carbocycles. The zero-order valence-electron chi connectivity index (χ0n) is 18.4. The third-order valence-corrected chi connectivity index (χ3v) is 8.22. The highest BCUT2D eigenvalue weighted by Gasteiger charge is 2.40. The summed E-state index contributed by atoms with van der Waals surface area (Å²) in [6.07, 6.45) is 4.18. The number of aromatic nitrogens is 1. The van der Waals surface area contributed by atoms with Crippen LogP contribution >= 0.6 is 11.3 Å². The van der Waals surface area contributed by atoms with Crippen LogP contribution in [0.2, 0.25) is 0 Å². The van der Waals surface area contributed by atoms with Crippen LogP contribution in [0, 0.1) is 17.8 Å². The molecule has 0 aromatic carbocycles. The maximum Gasteiger partial charge on any atom is 0.270 e. The Kier molecular flexibility index (Phi) is 5.98. The predicted molar refractivity (Wildman–Crippen MR) is 125 cm³/mol. The molecule has 31 heavy (non-hydrogen) atoms. The largest absolute Gasteiger partial charge is 0.346 e. The summed E-state index contributed by atoms with van der Waals surface area (Å²) in [4.78, 5) is 24.7. The minimum absolute atomic E-state index is 0.0601. The van der Waals surface area contributed by atoms with Gasteiger partial charge in [0, 0.05) is 60.8 Å². The number of hydrogen-bond donors (Lipinski definition) is 1. The molecule has 2 unspecified atom stereocenters. The van der Waals surface area contributed by atoms with Crippen LogP contribution in [0.5, 0.6) is 0 Å². The third kappa shape index (κ3) is 4.35. The van der Waals surface area contributed by atoms with Gasteiger partial charge in [0.15, 0.2) is 0 Å².